The van der Waals surface area contributed by atoms with Crippen LogP contribution in [0, 0.1) is 11.3 Å². The zero-order chi connectivity index (χ0) is 34.2. The van der Waals surface area contributed by atoms with E-state index in [-0.39, 0.29) is 47.7 Å². The van der Waals surface area contributed by atoms with Gasteiger partial charge in [-0.15, -0.1) is 0 Å². The Morgan fingerprint density at radius 2 is 1.65 bits per heavy atom. The molecule has 46 heavy (non-hydrogen) atoms. The molecule has 4 atom stereocenters. The molecular weight excluding hydrogens is 578 g/mol. The van der Waals surface area contributed by atoms with Crippen LogP contribution >= 0.6 is 0 Å². The maximum absolute atomic E-state index is 14.1. The number of rotatable bonds is 12. The number of hydrogen-bond acceptors (Lipinski definition) is 5. The minimum atomic E-state index is -0.720. The van der Waals surface area contributed by atoms with Crippen molar-refractivity contribution in [1.29, 1.82) is 0 Å². The number of piperidine rings is 1. The normalized spacial score (nSPS) is 22.8. The highest BCUT2D eigenvalue weighted by Crippen LogP contribution is 2.27. The van der Waals surface area contributed by atoms with Crippen molar-refractivity contribution in [3.05, 3.63) is 23.3 Å². The van der Waals surface area contributed by atoms with Crippen LogP contribution in [0.4, 0.5) is 0 Å². The standard InChI is InChI=1S/C37H63N5O4/c1-25(2)31(40(9)36(46)32(37(6,7)8)39-34(44)30-18-13-14-22-41(30)26(3)4)24-27(5)35(45)42-23-15-19-29(42)33(43)38-21-20-28-16-11-10-12-17-28/h16,24-26,29-32H,10-15,17-23H2,1-9H3,(H,38,43)(H,39,44)/b27-24+/t29?,30?,31-,32?/m1/s1. The fourth-order valence-electron chi connectivity index (χ4n) is 7.27. The molecule has 0 spiro atoms. The van der Waals surface area contributed by atoms with E-state index in [4.69, 9.17) is 0 Å². The van der Waals surface area contributed by atoms with Crippen LogP contribution in [0.1, 0.15) is 120 Å². The summed E-state index contributed by atoms with van der Waals surface area (Å²) in [7, 11) is 1.76. The molecule has 0 aromatic rings. The van der Waals surface area contributed by atoms with Gasteiger partial charge in [0.25, 0.3) is 0 Å². The van der Waals surface area contributed by atoms with Crippen molar-refractivity contribution in [1.82, 2.24) is 25.3 Å². The van der Waals surface area contributed by atoms with Crippen LogP contribution < -0.4 is 10.6 Å². The SMILES string of the molecule is C/C(=C\[C@H](C(C)C)N(C)C(=O)C(NC(=O)C1CCCCN1C(C)C)C(C)(C)C)C(=O)N1CCCC1C(=O)NCCC1=CCCCC1. The molecule has 9 heteroatoms. The van der Waals surface area contributed by atoms with Gasteiger partial charge in [-0.25, -0.2) is 0 Å². The Bertz CT molecular complexity index is 1140. The number of likely N-dealkylation sites (tertiary alicyclic amines) is 2. The van der Waals surface area contributed by atoms with E-state index < -0.39 is 17.5 Å². The lowest BCUT2D eigenvalue weighted by molar-refractivity contribution is -0.142. The molecule has 3 aliphatic rings. The highest BCUT2D eigenvalue weighted by molar-refractivity contribution is 5.97. The molecule has 260 valence electrons. The Hall–Kier alpha value is -2.68. The Labute approximate surface area is 279 Å². The minimum absolute atomic E-state index is 0.0227. The van der Waals surface area contributed by atoms with E-state index in [0.29, 0.717) is 25.1 Å². The van der Waals surface area contributed by atoms with Gasteiger partial charge in [0, 0.05) is 31.8 Å². The van der Waals surface area contributed by atoms with E-state index >= 15 is 0 Å². The van der Waals surface area contributed by atoms with Gasteiger partial charge in [0.15, 0.2) is 0 Å². The molecule has 3 unspecified atom stereocenters. The predicted octanol–water partition coefficient (Wildman–Crippen LogP) is 5.21. The Balaban J connectivity index is 1.71. The number of likely N-dealkylation sites (N-methyl/N-ethyl adjacent to an activating group) is 1. The van der Waals surface area contributed by atoms with Gasteiger partial charge < -0.3 is 20.4 Å². The van der Waals surface area contributed by atoms with E-state index in [1.807, 2.05) is 40.7 Å². The van der Waals surface area contributed by atoms with Crippen LogP contribution in [0.2, 0.25) is 0 Å². The number of carbonyl (C=O) groups is 4. The average Bonchev–Trinajstić information content (AvgIpc) is 3.51. The first-order valence-corrected chi connectivity index (χ1v) is 17.9. The molecule has 9 nitrogen and oxygen atoms in total. The number of nitrogens with zero attached hydrogens (tertiary/aromatic N) is 3. The lowest BCUT2D eigenvalue weighted by Crippen LogP contribution is -2.60. The highest BCUT2D eigenvalue weighted by Gasteiger charge is 2.40. The molecule has 2 fully saturated rings. The number of hydrogen-bond donors (Lipinski definition) is 2. The van der Waals surface area contributed by atoms with Gasteiger partial charge in [0.2, 0.25) is 23.6 Å². The van der Waals surface area contributed by atoms with Crippen LogP contribution in [0.5, 0.6) is 0 Å². The molecule has 0 radical (unpaired) electrons. The lowest BCUT2D eigenvalue weighted by Gasteiger charge is -2.41. The molecule has 0 bridgehead atoms. The predicted molar refractivity (Wildman–Crippen MR) is 185 cm³/mol. The van der Waals surface area contributed by atoms with E-state index in [0.717, 1.165) is 51.5 Å². The number of carbonyl (C=O) groups excluding carboxylic acids is 4. The van der Waals surface area contributed by atoms with Gasteiger partial charge >= 0.3 is 0 Å². The fraction of sp³-hybridized carbons (Fsp3) is 0.784. The molecule has 2 N–H and O–H groups in total. The van der Waals surface area contributed by atoms with Gasteiger partial charge in [-0.05, 0) is 96.4 Å². The number of allylic oxidation sites excluding steroid dienone is 1. The zero-order valence-corrected chi connectivity index (χ0v) is 30.3. The topological polar surface area (TPSA) is 102 Å². The molecule has 3 rings (SSSR count). The van der Waals surface area contributed by atoms with Gasteiger partial charge in [-0.2, -0.15) is 0 Å². The quantitative estimate of drug-likeness (QED) is 0.225. The van der Waals surface area contributed by atoms with Crippen molar-refractivity contribution < 1.29 is 19.2 Å². The second-order valence-corrected chi connectivity index (χ2v) is 15.5. The van der Waals surface area contributed by atoms with E-state index in [9.17, 15) is 19.2 Å². The van der Waals surface area contributed by atoms with Crippen LogP contribution in [-0.2, 0) is 19.2 Å². The van der Waals surface area contributed by atoms with E-state index in [2.05, 4.69) is 35.5 Å². The molecule has 0 aromatic carbocycles. The number of nitrogens with one attached hydrogen (secondary N) is 2. The molecule has 0 saturated carbocycles. The summed E-state index contributed by atoms with van der Waals surface area (Å²) in [6, 6.07) is -1.55. The molecule has 0 aromatic heterocycles. The highest BCUT2D eigenvalue weighted by atomic mass is 16.2. The molecule has 2 heterocycles. The summed E-state index contributed by atoms with van der Waals surface area (Å²) < 4.78 is 0. The largest absolute Gasteiger partial charge is 0.354 e. The van der Waals surface area contributed by atoms with Crippen molar-refractivity contribution in [3.63, 3.8) is 0 Å². The van der Waals surface area contributed by atoms with Crippen molar-refractivity contribution in [2.24, 2.45) is 11.3 Å². The Kier molecular flexibility index (Phi) is 13.9. The third-order valence-electron chi connectivity index (χ3n) is 10.1. The summed E-state index contributed by atoms with van der Waals surface area (Å²) in [5.41, 5.74) is 1.43. The first kappa shape index (κ1) is 37.8. The summed E-state index contributed by atoms with van der Waals surface area (Å²) in [6.45, 7) is 18.0. The molecule has 2 saturated heterocycles. The van der Waals surface area contributed by atoms with Crippen molar-refractivity contribution in [2.45, 2.75) is 150 Å². The monoisotopic (exact) mass is 641 g/mol. The number of amides is 4. The maximum Gasteiger partial charge on any atom is 0.249 e. The van der Waals surface area contributed by atoms with E-state index in [1.54, 1.807) is 23.8 Å². The Morgan fingerprint density at radius 1 is 0.957 bits per heavy atom. The van der Waals surface area contributed by atoms with E-state index in [1.165, 1.54) is 18.4 Å². The second kappa shape index (κ2) is 16.9. The van der Waals surface area contributed by atoms with Gasteiger partial charge in [0.05, 0.1) is 12.1 Å². The first-order chi connectivity index (χ1) is 21.6. The molecule has 4 amide bonds. The Morgan fingerprint density at radius 3 is 2.26 bits per heavy atom. The average molecular weight is 642 g/mol. The second-order valence-electron chi connectivity index (χ2n) is 15.5. The molecule has 2 aliphatic heterocycles. The maximum atomic E-state index is 14.1. The molecular formula is C37H63N5O4. The van der Waals surface area contributed by atoms with Crippen LogP contribution in [0.25, 0.3) is 0 Å². The summed E-state index contributed by atoms with van der Waals surface area (Å²) in [6.07, 6.45) is 14.1. The summed E-state index contributed by atoms with van der Waals surface area (Å²) >= 11 is 0. The van der Waals surface area contributed by atoms with Crippen molar-refractivity contribution >= 4 is 23.6 Å². The van der Waals surface area contributed by atoms with Crippen LogP contribution in [0.3, 0.4) is 0 Å². The smallest absolute Gasteiger partial charge is 0.249 e. The fourth-order valence-corrected chi connectivity index (χ4v) is 7.27. The van der Waals surface area contributed by atoms with Crippen LogP contribution in [-0.4, -0.2) is 95.2 Å². The zero-order valence-electron chi connectivity index (χ0n) is 30.3. The van der Waals surface area contributed by atoms with Gasteiger partial charge in [-0.3, -0.25) is 24.1 Å². The third-order valence-corrected chi connectivity index (χ3v) is 10.1. The summed E-state index contributed by atoms with van der Waals surface area (Å²) in [5, 5.41) is 6.23. The molecule has 1 aliphatic carbocycles. The summed E-state index contributed by atoms with van der Waals surface area (Å²) in [5.74, 6) is -0.484. The summed E-state index contributed by atoms with van der Waals surface area (Å²) in [4.78, 5) is 60.3. The van der Waals surface area contributed by atoms with Crippen LogP contribution in [0.15, 0.2) is 23.3 Å². The lowest BCUT2D eigenvalue weighted by atomic mass is 9.84. The third kappa shape index (κ3) is 9.91. The first-order valence-electron chi connectivity index (χ1n) is 17.9. The minimum Gasteiger partial charge on any atom is -0.354 e. The van der Waals surface area contributed by atoms with Gasteiger partial charge in [-0.1, -0.05) is 58.8 Å². The van der Waals surface area contributed by atoms with Gasteiger partial charge in [0.1, 0.15) is 12.1 Å². The van der Waals surface area contributed by atoms with Crippen molar-refractivity contribution in [2.75, 3.05) is 26.7 Å². The van der Waals surface area contributed by atoms with Crippen molar-refractivity contribution in [3.8, 4) is 0 Å².